The lowest BCUT2D eigenvalue weighted by Gasteiger charge is -2.20. The molecule has 4 heteroatoms. The highest BCUT2D eigenvalue weighted by molar-refractivity contribution is 5.10. The Morgan fingerprint density at radius 3 is 2.65 bits per heavy atom. The molecule has 1 unspecified atom stereocenters. The second-order valence-electron chi connectivity index (χ2n) is 4.95. The summed E-state index contributed by atoms with van der Waals surface area (Å²) in [5.74, 6) is 0. The second-order valence-corrected chi connectivity index (χ2v) is 4.95. The summed E-state index contributed by atoms with van der Waals surface area (Å²) < 4.78 is 2.00. The molecule has 1 N–H and O–H groups in total. The topological polar surface area (TPSA) is 33.1 Å². The number of nitrogens with one attached hydrogen (secondary N) is 1. The van der Waals surface area contributed by atoms with Crippen molar-refractivity contribution in [2.75, 3.05) is 27.2 Å². The van der Waals surface area contributed by atoms with E-state index in [1.165, 1.54) is 12.1 Å². The Kier molecular flexibility index (Phi) is 5.65. The van der Waals surface area contributed by atoms with Crippen molar-refractivity contribution in [3.8, 4) is 0 Å². The molecule has 0 aliphatic carbocycles. The van der Waals surface area contributed by atoms with E-state index in [2.05, 4.69) is 42.4 Å². The normalized spacial score (nSPS) is 13.3. The highest BCUT2D eigenvalue weighted by Crippen LogP contribution is 2.07. The molecule has 0 saturated heterocycles. The van der Waals surface area contributed by atoms with Crippen LogP contribution in [0.1, 0.15) is 24.7 Å². The number of nitrogens with zero attached hydrogens (tertiary/aromatic N) is 3. The number of aromatic nitrogens is 2. The molecule has 4 nitrogen and oxygen atoms in total. The molecule has 0 saturated carbocycles. The molecule has 0 bridgehead atoms. The standard InChI is InChI=1S/C13H26N4/c1-6-14-12(7-8-16(3)4)10-13-9-11(2)15-17(13)5/h9,12,14H,6-8,10H2,1-5H3. The molecule has 0 amide bonds. The first-order valence-electron chi connectivity index (χ1n) is 6.40. The Labute approximate surface area is 105 Å². The molecule has 1 atom stereocenters. The first kappa shape index (κ1) is 14.2. The Bertz CT molecular complexity index is 330. The van der Waals surface area contributed by atoms with Crippen molar-refractivity contribution >= 4 is 0 Å². The van der Waals surface area contributed by atoms with Crippen LogP contribution in [0.3, 0.4) is 0 Å². The van der Waals surface area contributed by atoms with Crippen LogP contribution in [0.4, 0.5) is 0 Å². The van der Waals surface area contributed by atoms with E-state index < -0.39 is 0 Å². The van der Waals surface area contributed by atoms with Crippen molar-refractivity contribution in [2.24, 2.45) is 7.05 Å². The zero-order chi connectivity index (χ0) is 12.8. The lowest BCUT2D eigenvalue weighted by molar-refractivity contribution is 0.356. The van der Waals surface area contributed by atoms with Gasteiger partial charge in [0.05, 0.1) is 5.69 Å². The van der Waals surface area contributed by atoms with Crippen LogP contribution >= 0.6 is 0 Å². The van der Waals surface area contributed by atoms with E-state index in [1.807, 2.05) is 18.7 Å². The number of hydrogen-bond donors (Lipinski definition) is 1. The molecule has 1 rings (SSSR count). The molecular formula is C13H26N4. The van der Waals surface area contributed by atoms with Crippen LogP contribution in [0, 0.1) is 6.92 Å². The van der Waals surface area contributed by atoms with Crippen molar-refractivity contribution in [1.82, 2.24) is 20.0 Å². The van der Waals surface area contributed by atoms with Gasteiger partial charge >= 0.3 is 0 Å². The largest absolute Gasteiger partial charge is 0.314 e. The van der Waals surface area contributed by atoms with Gasteiger partial charge in [0.1, 0.15) is 0 Å². The molecule has 0 radical (unpaired) electrons. The smallest absolute Gasteiger partial charge is 0.0596 e. The van der Waals surface area contributed by atoms with Gasteiger partial charge in [-0.1, -0.05) is 6.92 Å². The lowest BCUT2D eigenvalue weighted by atomic mass is 10.1. The van der Waals surface area contributed by atoms with Gasteiger partial charge in [0.15, 0.2) is 0 Å². The molecule has 0 spiro atoms. The molecule has 17 heavy (non-hydrogen) atoms. The molecule has 98 valence electrons. The number of rotatable bonds is 7. The van der Waals surface area contributed by atoms with Crippen LogP contribution in [0.5, 0.6) is 0 Å². The average Bonchev–Trinajstić information content (AvgIpc) is 2.54. The monoisotopic (exact) mass is 238 g/mol. The van der Waals surface area contributed by atoms with Gasteiger partial charge in [-0.3, -0.25) is 4.68 Å². The summed E-state index contributed by atoms with van der Waals surface area (Å²) in [4.78, 5) is 2.23. The fourth-order valence-electron chi connectivity index (χ4n) is 2.09. The lowest BCUT2D eigenvalue weighted by Crippen LogP contribution is -2.34. The molecule has 1 aromatic heterocycles. The van der Waals surface area contributed by atoms with Gasteiger partial charge in [0, 0.05) is 25.2 Å². The van der Waals surface area contributed by atoms with Crippen LogP contribution in [-0.2, 0) is 13.5 Å². The summed E-state index contributed by atoms with van der Waals surface area (Å²) in [7, 11) is 6.27. The van der Waals surface area contributed by atoms with E-state index in [9.17, 15) is 0 Å². The predicted octanol–water partition coefficient (Wildman–Crippen LogP) is 1.20. The number of hydrogen-bond acceptors (Lipinski definition) is 3. The van der Waals surface area contributed by atoms with E-state index in [-0.39, 0.29) is 0 Å². The molecule has 0 aliphatic heterocycles. The van der Waals surface area contributed by atoms with Gasteiger partial charge in [-0.15, -0.1) is 0 Å². The molecule has 0 fully saturated rings. The maximum Gasteiger partial charge on any atom is 0.0596 e. The second kappa shape index (κ2) is 6.77. The van der Waals surface area contributed by atoms with Crippen LogP contribution in [-0.4, -0.2) is 47.9 Å². The van der Waals surface area contributed by atoms with Crippen LogP contribution in [0.15, 0.2) is 6.07 Å². The van der Waals surface area contributed by atoms with Crippen molar-refractivity contribution in [1.29, 1.82) is 0 Å². The van der Waals surface area contributed by atoms with E-state index >= 15 is 0 Å². The summed E-state index contributed by atoms with van der Waals surface area (Å²) in [5, 5.41) is 7.95. The zero-order valence-corrected chi connectivity index (χ0v) is 11.8. The van der Waals surface area contributed by atoms with Crippen molar-refractivity contribution in [2.45, 2.75) is 32.7 Å². The minimum atomic E-state index is 0.539. The van der Waals surface area contributed by atoms with Crippen LogP contribution in [0.25, 0.3) is 0 Å². The minimum absolute atomic E-state index is 0.539. The average molecular weight is 238 g/mol. The van der Waals surface area contributed by atoms with Crippen molar-refractivity contribution in [3.05, 3.63) is 17.5 Å². The van der Waals surface area contributed by atoms with Gasteiger partial charge in [-0.25, -0.2) is 0 Å². The molecule has 1 aromatic rings. The summed E-state index contributed by atoms with van der Waals surface area (Å²) in [6, 6.07) is 2.72. The zero-order valence-electron chi connectivity index (χ0n) is 11.8. The fourth-order valence-corrected chi connectivity index (χ4v) is 2.09. The van der Waals surface area contributed by atoms with Gasteiger partial charge < -0.3 is 10.2 Å². The third-order valence-corrected chi connectivity index (χ3v) is 2.97. The maximum atomic E-state index is 4.40. The van der Waals surface area contributed by atoms with Crippen molar-refractivity contribution < 1.29 is 0 Å². The summed E-state index contributed by atoms with van der Waals surface area (Å²) in [5.41, 5.74) is 2.41. The van der Waals surface area contributed by atoms with E-state index in [0.717, 1.165) is 25.2 Å². The van der Waals surface area contributed by atoms with Gasteiger partial charge in [0.2, 0.25) is 0 Å². The number of aryl methyl sites for hydroxylation is 2. The highest BCUT2D eigenvalue weighted by Gasteiger charge is 2.11. The first-order valence-corrected chi connectivity index (χ1v) is 6.40. The van der Waals surface area contributed by atoms with Crippen molar-refractivity contribution in [3.63, 3.8) is 0 Å². The Morgan fingerprint density at radius 1 is 1.47 bits per heavy atom. The van der Waals surface area contributed by atoms with Gasteiger partial charge in [0.25, 0.3) is 0 Å². The first-order chi connectivity index (χ1) is 8.02. The van der Waals surface area contributed by atoms with E-state index in [1.54, 1.807) is 0 Å². The SMILES string of the molecule is CCNC(CCN(C)C)Cc1cc(C)nn1C. The highest BCUT2D eigenvalue weighted by atomic mass is 15.3. The van der Waals surface area contributed by atoms with Crippen LogP contribution < -0.4 is 5.32 Å². The van der Waals surface area contributed by atoms with E-state index in [4.69, 9.17) is 0 Å². The third kappa shape index (κ3) is 4.88. The molecule has 0 aliphatic rings. The Morgan fingerprint density at radius 2 is 2.18 bits per heavy atom. The van der Waals surface area contributed by atoms with E-state index in [0.29, 0.717) is 6.04 Å². The molecular weight excluding hydrogens is 212 g/mol. The quantitative estimate of drug-likeness (QED) is 0.775. The number of likely N-dealkylation sites (N-methyl/N-ethyl adjacent to an activating group) is 1. The summed E-state index contributed by atoms with van der Waals surface area (Å²) in [6.07, 6.45) is 2.23. The van der Waals surface area contributed by atoms with Crippen LogP contribution in [0.2, 0.25) is 0 Å². The summed E-state index contributed by atoms with van der Waals surface area (Å²) >= 11 is 0. The fraction of sp³-hybridized carbons (Fsp3) is 0.769. The maximum absolute atomic E-state index is 4.40. The Balaban J connectivity index is 2.56. The minimum Gasteiger partial charge on any atom is -0.314 e. The summed E-state index contributed by atoms with van der Waals surface area (Å²) in [6.45, 7) is 6.35. The van der Waals surface area contributed by atoms with Gasteiger partial charge in [-0.2, -0.15) is 5.10 Å². The Hall–Kier alpha value is -0.870. The van der Waals surface area contributed by atoms with Gasteiger partial charge in [-0.05, 0) is 46.6 Å². The molecule has 1 heterocycles. The predicted molar refractivity (Wildman–Crippen MR) is 72.3 cm³/mol. The third-order valence-electron chi connectivity index (χ3n) is 2.97. The molecule has 0 aromatic carbocycles.